The Bertz CT molecular complexity index is 627. The highest BCUT2D eigenvalue weighted by Gasteiger charge is 2.23. The van der Waals surface area contributed by atoms with Crippen molar-refractivity contribution in [3.05, 3.63) is 66.0 Å². The molecule has 1 atom stereocenters. The van der Waals surface area contributed by atoms with E-state index < -0.39 is 0 Å². The van der Waals surface area contributed by atoms with Crippen molar-refractivity contribution >= 4 is 5.91 Å². The molecule has 0 radical (unpaired) electrons. The first kappa shape index (κ1) is 18.6. The van der Waals surface area contributed by atoms with E-state index in [1.807, 2.05) is 30.3 Å². The second-order valence-corrected chi connectivity index (χ2v) is 7.18. The molecule has 4 heteroatoms. The molecule has 1 fully saturated rings. The summed E-state index contributed by atoms with van der Waals surface area (Å²) in [5.41, 5.74) is 2.17. The van der Waals surface area contributed by atoms with E-state index in [1.54, 1.807) is 12.4 Å². The van der Waals surface area contributed by atoms with Crippen LogP contribution < -0.4 is 5.32 Å². The molecule has 1 saturated heterocycles. The predicted molar refractivity (Wildman–Crippen MR) is 105 cm³/mol. The maximum Gasteiger partial charge on any atom is 0.221 e. The van der Waals surface area contributed by atoms with Crippen LogP contribution in [-0.2, 0) is 4.79 Å². The van der Waals surface area contributed by atoms with Gasteiger partial charge in [-0.05, 0) is 68.1 Å². The second-order valence-electron chi connectivity index (χ2n) is 7.18. The molecule has 26 heavy (non-hydrogen) atoms. The predicted octanol–water partition coefficient (Wildman–Crippen LogP) is 3.80. The molecule has 2 aromatic rings. The van der Waals surface area contributed by atoms with Crippen molar-refractivity contribution in [1.82, 2.24) is 15.2 Å². The van der Waals surface area contributed by atoms with E-state index in [9.17, 15) is 4.79 Å². The molecule has 1 N–H and O–H groups in total. The van der Waals surface area contributed by atoms with Crippen LogP contribution >= 0.6 is 0 Å². The highest BCUT2D eigenvalue weighted by atomic mass is 16.1. The van der Waals surface area contributed by atoms with Gasteiger partial charge >= 0.3 is 0 Å². The number of aromatic nitrogens is 1. The number of hydrogen-bond donors (Lipinski definition) is 1. The third-order valence-electron chi connectivity index (χ3n) is 5.20. The van der Waals surface area contributed by atoms with Crippen LogP contribution in [-0.4, -0.2) is 35.4 Å². The fourth-order valence-corrected chi connectivity index (χ4v) is 3.77. The van der Waals surface area contributed by atoms with Gasteiger partial charge in [-0.25, -0.2) is 0 Å². The third kappa shape index (κ3) is 5.15. The monoisotopic (exact) mass is 351 g/mol. The van der Waals surface area contributed by atoms with Crippen molar-refractivity contribution in [2.75, 3.05) is 19.6 Å². The summed E-state index contributed by atoms with van der Waals surface area (Å²) < 4.78 is 0. The van der Waals surface area contributed by atoms with Crippen molar-refractivity contribution in [2.45, 2.75) is 38.6 Å². The number of benzene rings is 1. The van der Waals surface area contributed by atoms with Crippen LogP contribution in [0.4, 0.5) is 0 Å². The quantitative estimate of drug-likeness (QED) is 0.825. The van der Waals surface area contributed by atoms with Crippen LogP contribution in [0.15, 0.2) is 54.9 Å². The smallest absolute Gasteiger partial charge is 0.221 e. The number of nitrogens with one attached hydrogen (secondary N) is 1. The van der Waals surface area contributed by atoms with Crippen molar-refractivity contribution in [2.24, 2.45) is 5.92 Å². The highest BCUT2D eigenvalue weighted by Crippen LogP contribution is 2.24. The Morgan fingerprint density at radius 1 is 1.12 bits per heavy atom. The average Bonchev–Trinajstić information content (AvgIpc) is 2.69. The number of carbonyl (C=O) groups excluding carboxylic acids is 1. The topological polar surface area (TPSA) is 45.2 Å². The number of piperidine rings is 1. The molecule has 138 valence electrons. The minimum absolute atomic E-state index is 0.119. The highest BCUT2D eigenvalue weighted by molar-refractivity contribution is 5.77. The third-order valence-corrected chi connectivity index (χ3v) is 5.20. The lowest BCUT2D eigenvalue weighted by Crippen LogP contribution is -2.37. The Balaban J connectivity index is 1.61. The summed E-state index contributed by atoms with van der Waals surface area (Å²) in [6, 6.07) is 14.0. The van der Waals surface area contributed by atoms with Crippen molar-refractivity contribution in [3.8, 4) is 0 Å². The van der Waals surface area contributed by atoms with Crippen molar-refractivity contribution < 1.29 is 4.79 Å². The lowest BCUT2D eigenvalue weighted by Gasteiger charge is -2.31. The Morgan fingerprint density at radius 2 is 1.77 bits per heavy atom. The number of rotatable bonds is 7. The standard InChI is InChI=1S/C22H29N3O/c1-2-14-25-15-10-18(11-16-25)17-21(26)24-22(19-6-4-3-5-7-19)20-8-12-23-13-9-20/h3-9,12-13,18,22H,2,10-11,14-17H2,1H3,(H,24,26). The van der Waals surface area contributed by atoms with Gasteiger partial charge in [0.05, 0.1) is 6.04 Å². The molecule has 4 nitrogen and oxygen atoms in total. The molecule has 1 aromatic heterocycles. The van der Waals surface area contributed by atoms with Gasteiger partial charge in [0.1, 0.15) is 0 Å². The van der Waals surface area contributed by atoms with Crippen LogP contribution in [0.25, 0.3) is 0 Å². The van der Waals surface area contributed by atoms with E-state index in [4.69, 9.17) is 0 Å². The summed E-state index contributed by atoms with van der Waals surface area (Å²) in [7, 11) is 0. The van der Waals surface area contributed by atoms with E-state index in [0.717, 1.165) is 37.1 Å². The summed E-state index contributed by atoms with van der Waals surface area (Å²) in [4.78, 5) is 19.3. The Kier molecular flexibility index (Phi) is 6.78. The molecule has 1 unspecified atom stereocenters. The number of hydrogen-bond acceptors (Lipinski definition) is 3. The second kappa shape index (κ2) is 9.48. The van der Waals surface area contributed by atoms with Gasteiger partial charge in [-0.2, -0.15) is 0 Å². The van der Waals surface area contributed by atoms with Gasteiger partial charge in [-0.1, -0.05) is 37.3 Å². The molecular formula is C22H29N3O. The van der Waals surface area contributed by atoms with Gasteiger partial charge in [0.15, 0.2) is 0 Å². The molecule has 0 bridgehead atoms. The minimum Gasteiger partial charge on any atom is -0.345 e. The lowest BCUT2D eigenvalue weighted by molar-refractivity contribution is -0.122. The van der Waals surface area contributed by atoms with E-state index in [-0.39, 0.29) is 11.9 Å². The number of pyridine rings is 1. The Labute approximate surface area is 156 Å². The SMILES string of the molecule is CCCN1CCC(CC(=O)NC(c2ccccc2)c2ccncc2)CC1. The maximum absolute atomic E-state index is 12.7. The molecular weight excluding hydrogens is 322 g/mol. The maximum atomic E-state index is 12.7. The summed E-state index contributed by atoms with van der Waals surface area (Å²) >= 11 is 0. The van der Waals surface area contributed by atoms with Crippen LogP contribution in [0.5, 0.6) is 0 Å². The van der Waals surface area contributed by atoms with Crippen LogP contribution in [0, 0.1) is 5.92 Å². The van der Waals surface area contributed by atoms with Gasteiger partial charge < -0.3 is 10.2 Å². The van der Waals surface area contributed by atoms with Gasteiger partial charge in [0, 0.05) is 18.8 Å². The summed E-state index contributed by atoms with van der Waals surface area (Å²) in [5.74, 6) is 0.640. The van der Waals surface area contributed by atoms with E-state index in [1.165, 1.54) is 13.0 Å². The fraction of sp³-hybridized carbons (Fsp3) is 0.455. The number of nitrogens with zero attached hydrogens (tertiary/aromatic N) is 2. The lowest BCUT2D eigenvalue weighted by atomic mass is 9.92. The molecule has 1 aromatic carbocycles. The Morgan fingerprint density at radius 3 is 2.42 bits per heavy atom. The zero-order chi connectivity index (χ0) is 18.2. The largest absolute Gasteiger partial charge is 0.345 e. The Hall–Kier alpha value is -2.20. The summed E-state index contributed by atoms with van der Waals surface area (Å²) in [6.07, 6.45) is 7.63. The van der Waals surface area contributed by atoms with Crippen molar-refractivity contribution in [1.29, 1.82) is 0 Å². The number of amides is 1. The van der Waals surface area contributed by atoms with E-state index >= 15 is 0 Å². The molecule has 0 spiro atoms. The fourth-order valence-electron chi connectivity index (χ4n) is 3.77. The van der Waals surface area contributed by atoms with Gasteiger partial charge in [-0.3, -0.25) is 9.78 Å². The van der Waals surface area contributed by atoms with Crippen molar-refractivity contribution in [3.63, 3.8) is 0 Å². The molecule has 1 aliphatic rings. The normalized spacial score (nSPS) is 17.0. The number of carbonyl (C=O) groups is 1. The summed E-state index contributed by atoms with van der Waals surface area (Å²) in [5, 5.41) is 3.25. The van der Waals surface area contributed by atoms with E-state index in [2.05, 4.69) is 34.3 Å². The summed E-state index contributed by atoms with van der Waals surface area (Å²) in [6.45, 7) is 5.65. The number of likely N-dealkylation sites (tertiary alicyclic amines) is 1. The molecule has 1 amide bonds. The zero-order valence-electron chi connectivity index (χ0n) is 15.6. The average molecular weight is 351 g/mol. The van der Waals surface area contributed by atoms with Gasteiger partial charge in [0.2, 0.25) is 5.91 Å². The van der Waals surface area contributed by atoms with Crippen LogP contribution in [0.3, 0.4) is 0 Å². The van der Waals surface area contributed by atoms with E-state index in [0.29, 0.717) is 12.3 Å². The first-order valence-corrected chi connectivity index (χ1v) is 9.73. The molecule has 1 aliphatic heterocycles. The zero-order valence-corrected chi connectivity index (χ0v) is 15.6. The molecule has 2 heterocycles. The minimum atomic E-state index is -0.119. The molecule has 0 saturated carbocycles. The molecule has 0 aliphatic carbocycles. The van der Waals surface area contributed by atoms with Gasteiger partial charge in [0.25, 0.3) is 0 Å². The first-order valence-electron chi connectivity index (χ1n) is 9.73. The van der Waals surface area contributed by atoms with Gasteiger partial charge in [-0.15, -0.1) is 0 Å². The molecule has 3 rings (SSSR count). The van der Waals surface area contributed by atoms with Crippen LogP contribution in [0.1, 0.15) is 49.8 Å². The van der Waals surface area contributed by atoms with Crippen LogP contribution in [0.2, 0.25) is 0 Å². The first-order chi connectivity index (χ1) is 12.8.